The van der Waals surface area contributed by atoms with Crippen LogP contribution in [-0.4, -0.2) is 33.1 Å². The summed E-state index contributed by atoms with van der Waals surface area (Å²) in [6, 6.07) is 1.96. The van der Waals surface area contributed by atoms with Crippen molar-refractivity contribution in [3.05, 3.63) is 11.7 Å². The Bertz CT molecular complexity index is 427. The van der Waals surface area contributed by atoms with E-state index in [-0.39, 0.29) is 24.4 Å². The maximum atomic E-state index is 6.05. The van der Waals surface area contributed by atoms with Crippen LogP contribution in [0.4, 0.5) is 0 Å². The predicted octanol–water partition coefficient (Wildman–Crippen LogP) is 3.91. The van der Waals surface area contributed by atoms with E-state index < -0.39 is 8.64 Å². The number of hydrogen-bond donors (Lipinski definition) is 0. The molecule has 1 aromatic heterocycles. The van der Waals surface area contributed by atoms with Gasteiger partial charge in [0.25, 0.3) is 0 Å². The van der Waals surface area contributed by atoms with Gasteiger partial charge in [-0.3, -0.25) is 0 Å². The molecule has 1 heterocycles. The zero-order valence-electron chi connectivity index (χ0n) is 15.1. The van der Waals surface area contributed by atoms with Crippen LogP contribution in [0, 0.1) is 0 Å². The van der Waals surface area contributed by atoms with E-state index in [0.29, 0.717) is 5.75 Å². The lowest BCUT2D eigenvalue weighted by Gasteiger charge is -2.24. The van der Waals surface area contributed by atoms with Gasteiger partial charge in [0.05, 0.1) is 24.4 Å². The van der Waals surface area contributed by atoms with E-state index in [4.69, 9.17) is 18.6 Å². The second-order valence-corrected chi connectivity index (χ2v) is 8.14. The Kier molecular flexibility index (Phi) is 7.19. The van der Waals surface area contributed by atoms with Crippen molar-refractivity contribution in [1.82, 2.24) is 0 Å². The molecule has 4 nitrogen and oxygen atoms in total. The van der Waals surface area contributed by atoms with Gasteiger partial charge in [-0.2, -0.15) is 0 Å². The minimum absolute atomic E-state index is 0.0420. The molecule has 0 fully saturated rings. The molecule has 1 rings (SSSR count). The third-order valence-electron chi connectivity index (χ3n) is 2.47. The monoisotopic (exact) mass is 326 g/mol. The van der Waals surface area contributed by atoms with E-state index in [2.05, 4.69) is 5.68 Å². The Hall–Kier alpha value is -1.23. The van der Waals surface area contributed by atoms with E-state index >= 15 is 0 Å². The summed E-state index contributed by atoms with van der Waals surface area (Å²) in [4.78, 5) is 0. The van der Waals surface area contributed by atoms with E-state index in [0.717, 1.165) is 11.1 Å². The molecule has 0 amide bonds. The third-order valence-corrected chi connectivity index (χ3v) is 4.46. The first kappa shape index (κ1) is 18.8. The first-order chi connectivity index (χ1) is 10.2. The number of hydrogen-bond acceptors (Lipinski definition) is 4. The van der Waals surface area contributed by atoms with Crippen LogP contribution in [0.2, 0.25) is 0 Å². The van der Waals surface area contributed by atoms with Gasteiger partial charge in [0.1, 0.15) is 0 Å². The predicted molar refractivity (Wildman–Crippen MR) is 91.4 cm³/mol. The largest absolute Gasteiger partial charge is 0.543 e. The quantitative estimate of drug-likeness (QED) is 0.679. The van der Waals surface area contributed by atoms with Crippen LogP contribution in [0.5, 0.6) is 16.9 Å². The summed E-state index contributed by atoms with van der Waals surface area (Å²) in [5.41, 5.74) is 2.06. The van der Waals surface area contributed by atoms with Gasteiger partial charge in [-0.15, -0.1) is 0 Å². The topological polar surface area (TPSA) is 36.9 Å². The van der Waals surface area contributed by atoms with Gasteiger partial charge >= 0.3 is 8.64 Å². The molecule has 0 bridgehead atoms. The molecule has 126 valence electrons. The summed E-state index contributed by atoms with van der Waals surface area (Å²) in [5, 5.41) is 0.792. The van der Waals surface area contributed by atoms with Crippen LogP contribution in [-0.2, 0) is 0 Å². The molecule has 0 spiro atoms. The van der Waals surface area contributed by atoms with Crippen molar-refractivity contribution in [3.8, 4) is 16.9 Å². The molecule has 0 N–H and O–H groups in total. The molecule has 1 aromatic rings. The Morgan fingerprint density at radius 1 is 0.727 bits per heavy atom. The highest BCUT2D eigenvalue weighted by atomic mass is 28.3. The molecule has 22 heavy (non-hydrogen) atoms. The van der Waals surface area contributed by atoms with Crippen LogP contribution < -0.4 is 18.6 Å². The summed E-state index contributed by atoms with van der Waals surface area (Å²) < 4.78 is 24.0. The van der Waals surface area contributed by atoms with Crippen LogP contribution in [0.15, 0.2) is 11.7 Å². The Labute approximate surface area is 136 Å². The van der Waals surface area contributed by atoms with Crippen LogP contribution in [0.25, 0.3) is 0 Å². The van der Waals surface area contributed by atoms with Crippen molar-refractivity contribution in [3.63, 3.8) is 0 Å². The smallest absolute Gasteiger partial charge is 0.313 e. The third kappa shape index (κ3) is 5.87. The molecular formula is C17H30O4Si. The van der Waals surface area contributed by atoms with Crippen molar-refractivity contribution in [2.75, 3.05) is 0 Å². The molecule has 5 heteroatoms. The van der Waals surface area contributed by atoms with E-state index in [1.165, 1.54) is 0 Å². The first-order valence-corrected chi connectivity index (χ1v) is 9.52. The lowest BCUT2D eigenvalue weighted by Crippen LogP contribution is -2.25. The van der Waals surface area contributed by atoms with E-state index in [9.17, 15) is 0 Å². The fourth-order valence-corrected chi connectivity index (χ4v) is 3.82. The highest BCUT2D eigenvalue weighted by molar-refractivity contribution is 6.50. The van der Waals surface area contributed by atoms with Gasteiger partial charge in [0.2, 0.25) is 5.75 Å². The molecule has 0 radical (unpaired) electrons. The van der Waals surface area contributed by atoms with Crippen molar-refractivity contribution in [2.45, 2.75) is 79.8 Å². The minimum atomic E-state index is -1.39. The van der Waals surface area contributed by atoms with Gasteiger partial charge in [0, 0.05) is 0 Å². The summed E-state index contributed by atoms with van der Waals surface area (Å²) in [7, 11) is -1.39. The molecule has 0 aliphatic rings. The normalized spacial score (nSPS) is 11.5. The number of rotatable bonds is 8. The minimum Gasteiger partial charge on any atom is -0.543 e. The molecule has 0 aliphatic heterocycles. The summed E-state index contributed by atoms with van der Waals surface area (Å²) in [6.45, 7) is 16.1. The lowest BCUT2D eigenvalue weighted by atomic mass is 10.4. The maximum Gasteiger partial charge on any atom is 0.313 e. The Morgan fingerprint density at radius 2 is 1.27 bits per heavy atom. The zero-order chi connectivity index (χ0) is 16.9. The molecule has 0 aliphatic carbocycles. The first-order valence-electron chi connectivity index (χ1n) is 8.04. The Morgan fingerprint density at radius 3 is 1.73 bits per heavy atom. The van der Waals surface area contributed by atoms with Gasteiger partial charge in [-0.05, 0) is 67.1 Å². The summed E-state index contributed by atoms with van der Waals surface area (Å²) >= 11 is 0. The van der Waals surface area contributed by atoms with Gasteiger partial charge in [-0.25, -0.2) is 0 Å². The zero-order valence-corrected chi connectivity index (χ0v) is 16.1. The molecule has 0 saturated heterocycles. The van der Waals surface area contributed by atoms with Crippen molar-refractivity contribution < 1.29 is 18.6 Å². The average Bonchev–Trinajstić information content (AvgIpc) is 2.34. The van der Waals surface area contributed by atoms with E-state index in [1.54, 1.807) is 0 Å². The maximum absolute atomic E-state index is 6.05. The molecule has 0 saturated carbocycles. The van der Waals surface area contributed by atoms with Crippen molar-refractivity contribution in [1.29, 1.82) is 0 Å². The fraction of sp³-hybridized carbons (Fsp3) is 0.706. The second kappa shape index (κ2) is 8.41. The Balaban J connectivity index is 3.36. The van der Waals surface area contributed by atoms with Crippen LogP contribution in [0.1, 0.15) is 55.4 Å². The molecular weight excluding hydrogens is 296 g/mol. The van der Waals surface area contributed by atoms with E-state index in [1.807, 2.05) is 61.5 Å². The number of ether oxygens (including phenoxy) is 3. The van der Waals surface area contributed by atoms with Gasteiger partial charge < -0.3 is 18.6 Å². The highest BCUT2D eigenvalue weighted by Gasteiger charge is 2.23. The summed E-state index contributed by atoms with van der Waals surface area (Å²) in [5.74, 6) is 1.41. The van der Waals surface area contributed by atoms with Gasteiger partial charge in [0.15, 0.2) is 11.1 Å². The highest BCUT2D eigenvalue weighted by Crippen LogP contribution is 2.38. The van der Waals surface area contributed by atoms with Crippen molar-refractivity contribution in [2.24, 2.45) is 0 Å². The SMILES string of the molecule is CC(C)Oc1cc[si](OC(C)C)c(OC(C)C)c1OC(C)C. The van der Waals surface area contributed by atoms with Crippen LogP contribution >= 0.6 is 0 Å². The molecule has 0 aromatic carbocycles. The summed E-state index contributed by atoms with van der Waals surface area (Å²) in [6.07, 6.45) is 0.311. The average molecular weight is 327 g/mol. The lowest BCUT2D eigenvalue weighted by molar-refractivity contribution is 0.176. The standard InChI is InChI=1S/C17H30O4Si/c1-11(2)18-15-9-10-22(21-14(7)8)17(20-13(5)6)16(15)19-12(3)4/h9-14H,1-8H3. The second-order valence-electron chi connectivity index (χ2n) is 6.39. The molecule has 0 atom stereocenters. The van der Waals surface area contributed by atoms with Crippen LogP contribution in [0.3, 0.4) is 0 Å². The molecule has 0 unspecified atom stereocenters. The fourth-order valence-electron chi connectivity index (χ4n) is 1.91. The van der Waals surface area contributed by atoms with Gasteiger partial charge in [-0.1, -0.05) is 0 Å². The van der Waals surface area contributed by atoms with Crippen molar-refractivity contribution >= 4 is 8.64 Å².